The maximum atomic E-state index is 12.0. The first kappa shape index (κ1) is 8.89. The molecule has 0 unspecified atom stereocenters. The minimum atomic E-state index is -4.59. The molecule has 0 radical (unpaired) electrons. The van der Waals surface area contributed by atoms with Crippen molar-refractivity contribution in [1.29, 1.82) is 0 Å². The predicted octanol–water partition coefficient (Wildman–Crippen LogP) is 1.45. The molecule has 0 spiro atoms. The molecule has 6 heteroatoms. The number of hydrogen-bond donors (Lipinski definition) is 1. The molecule has 0 aliphatic rings. The van der Waals surface area contributed by atoms with E-state index in [2.05, 4.69) is 5.10 Å². The summed E-state index contributed by atoms with van der Waals surface area (Å²) in [7, 11) is 1.34. The van der Waals surface area contributed by atoms with E-state index in [0.717, 1.165) is 4.68 Å². The maximum Gasteiger partial charge on any atom is 0.438 e. The molecule has 0 aliphatic heterocycles. The summed E-state index contributed by atoms with van der Waals surface area (Å²) in [5, 5.41) is 12.1. The highest BCUT2D eigenvalue weighted by Gasteiger charge is 2.38. The zero-order chi connectivity index (χ0) is 9.52. The summed E-state index contributed by atoms with van der Waals surface area (Å²) in [6.45, 7) is 1.36. The Kier molecular flexibility index (Phi) is 1.78. The average molecular weight is 180 g/mol. The number of alkyl halides is 3. The van der Waals surface area contributed by atoms with Crippen molar-refractivity contribution >= 4 is 0 Å². The Labute approximate surface area is 66.4 Å². The van der Waals surface area contributed by atoms with Gasteiger partial charge in [0.05, 0.1) is 5.69 Å². The number of halogens is 3. The van der Waals surface area contributed by atoms with Gasteiger partial charge >= 0.3 is 6.18 Å². The number of aromatic nitrogens is 2. The fourth-order valence-electron chi connectivity index (χ4n) is 0.788. The van der Waals surface area contributed by atoms with E-state index in [9.17, 15) is 13.2 Å². The summed E-state index contributed by atoms with van der Waals surface area (Å²) in [5.74, 6) is -0.801. The zero-order valence-electron chi connectivity index (χ0n) is 6.48. The highest BCUT2D eigenvalue weighted by atomic mass is 19.4. The molecule has 1 aromatic rings. The van der Waals surface area contributed by atoms with Crippen LogP contribution in [0.5, 0.6) is 5.75 Å². The van der Waals surface area contributed by atoms with Crippen molar-refractivity contribution in [2.24, 2.45) is 7.05 Å². The van der Waals surface area contributed by atoms with Crippen molar-refractivity contribution in [3.8, 4) is 5.75 Å². The van der Waals surface area contributed by atoms with E-state index in [1.807, 2.05) is 0 Å². The fourth-order valence-corrected chi connectivity index (χ4v) is 0.788. The molecule has 0 aliphatic carbocycles. The molecule has 1 heterocycles. The molecular weight excluding hydrogens is 173 g/mol. The number of aromatic hydroxyl groups is 1. The van der Waals surface area contributed by atoms with Crippen molar-refractivity contribution in [3.63, 3.8) is 0 Å². The number of hydrogen-bond acceptors (Lipinski definition) is 2. The van der Waals surface area contributed by atoms with Crippen LogP contribution >= 0.6 is 0 Å². The second kappa shape index (κ2) is 2.40. The zero-order valence-corrected chi connectivity index (χ0v) is 6.48. The van der Waals surface area contributed by atoms with E-state index in [0.29, 0.717) is 0 Å². The molecule has 1 N–H and O–H groups in total. The molecule has 0 bridgehead atoms. The van der Waals surface area contributed by atoms with E-state index in [1.54, 1.807) is 0 Å². The Bertz CT molecular complexity index is 302. The quantitative estimate of drug-likeness (QED) is 0.656. The lowest BCUT2D eigenvalue weighted by Crippen LogP contribution is -2.06. The van der Waals surface area contributed by atoms with Crippen LogP contribution in [-0.2, 0) is 13.2 Å². The topological polar surface area (TPSA) is 38.1 Å². The second-order valence-corrected chi connectivity index (χ2v) is 2.40. The van der Waals surface area contributed by atoms with Crippen molar-refractivity contribution in [1.82, 2.24) is 9.78 Å². The van der Waals surface area contributed by atoms with Crippen molar-refractivity contribution < 1.29 is 18.3 Å². The lowest BCUT2D eigenvalue weighted by Gasteiger charge is -2.00. The highest BCUT2D eigenvalue weighted by Crippen LogP contribution is 2.35. The van der Waals surface area contributed by atoms with Gasteiger partial charge in [0.1, 0.15) is 0 Å². The second-order valence-electron chi connectivity index (χ2n) is 2.40. The molecule has 0 saturated carbocycles. The maximum absolute atomic E-state index is 12.0. The molecular formula is C6H7F3N2O. The molecule has 1 rings (SSSR count). The van der Waals surface area contributed by atoms with E-state index < -0.39 is 17.6 Å². The smallest absolute Gasteiger partial charge is 0.438 e. The predicted molar refractivity (Wildman–Crippen MR) is 34.6 cm³/mol. The molecule has 0 saturated heterocycles. The number of aryl methyl sites for hydroxylation is 1. The molecule has 12 heavy (non-hydrogen) atoms. The third-order valence-electron chi connectivity index (χ3n) is 1.57. The van der Waals surface area contributed by atoms with Crippen LogP contribution in [0.4, 0.5) is 13.2 Å². The van der Waals surface area contributed by atoms with E-state index in [-0.39, 0.29) is 5.69 Å². The first-order chi connectivity index (χ1) is 5.34. The molecule has 0 fully saturated rings. The van der Waals surface area contributed by atoms with E-state index >= 15 is 0 Å². The van der Waals surface area contributed by atoms with Gasteiger partial charge in [0.25, 0.3) is 0 Å². The lowest BCUT2D eigenvalue weighted by atomic mass is 10.3. The highest BCUT2D eigenvalue weighted by molar-refractivity contribution is 5.32. The van der Waals surface area contributed by atoms with Crippen molar-refractivity contribution in [3.05, 3.63) is 11.4 Å². The van der Waals surface area contributed by atoms with Gasteiger partial charge in [-0.1, -0.05) is 0 Å². The largest absolute Gasteiger partial charge is 0.504 e. The van der Waals surface area contributed by atoms with Gasteiger partial charge in [0, 0.05) is 7.05 Å². The van der Waals surface area contributed by atoms with Crippen molar-refractivity contribution in [2.45, 2.75) is 13.1 Å². The average Bonchev–Trinajstić information content (AvgIpc) is 2.15. The first-order valence-corrected chi connectivity index (χ1v) is 3.13. The molecule has 0 aromatic carbocycles. The normalized spacial score (nSPS) is 12.1. The van der Waals surface area contributed by atoms with Gasteiger partial charge in [-0.25, -0.2) is 0 Å². The Hall–Kier alpha value is -1.20. The van der Waals surface area contributed by atoms with Crippen LogP contribution < -0.4 is 0 Å². The van der Waals surface area contributed by atoms with E-state index in [1.165, 1.54) is 14.0 Å². The van der Waals surface area contributed by atoms with Crippen LogP contribution in [0.3, 0.4) is 0 Å². The molecule has 0 atom stereocenters. The Morgan fingerprint density at radius 3 is 2.08 bits per heavy atom. The standard InChI is InChI=1S/C6H7F3N2O/c1-3-4(12)5(6(7,8)9)10-11(3)2/h12H,1-2H3. The third-order valence-corrected chi connectivity index (χ3v) is 1.57. The third kappa shape index (κ3) is 1.24. The number of rotatable bonds is 0. The van der Waals surface area contributed by atoms with Crippen LogP contribution in [0, 0.1) is 6.92 Å². The van der Waals surface area contributed by atoms with Crippen molar-refractivity contribution in [2.75, 3.05) is 0 Å². The van der Waals surface area contributed by atoms with Gasteiger partial charge in [-0.2, -0.15) is 18.3 Å². The Balaban J connectivity index is 3.28. The summed E-state index contributed by atoms with van der Waals surface area (Å²) < 4.78 is 37.0. The van der Waals surface area contributed by atoms with Gasteiger partial charge in [-0.05, 0) is 6.92 Å². The summed E-state index contributed by atoms with van der Waals surface area (Å²) in [6.07, 6.45) is -4.59. The minimum Gasteiger partial charge on any atom is -0.504 e. The van der Waals surface area contributed by atoms with Gasteiger partial charge in [-0.3, -0.25) is 4.68 Å². The molecule has 68 valence electrons. The summed E-state index contributed by atoms with van der Waals surface area (Å²) in [5.41, 5.74) is -1.13. The van der Waals surface area contributed by atoms with Gasteiger partial charge in [0.15, 0.2) is 5.75 Å². The van der Waals surface area contributed by atoms with Crippen LogP contribution in [-0.4, -0.2) is 14.9 Å². The minimum absolute atomic E-state index is 0.0994. The molecule has 3 nitrogen and oxygen atoms in total. The first-order valence-electron chi connectivity index (χ1n) is 3.13. The Morgan fingerprint density at radius 2 is 1.92 bits per heavy atom. The Morgan fingerprint density at radius 1 is 1.42 bits per heavy atom. The monoisotopic (exact) mass is 180 g/mol. The SMILES string of the molecule is Cc1c(O)c(C(F)(F)F)nn1C. The number of nitrogens with zero attached hydrogens (tertiary/aromatic N) is 2. The van der Waals surface area contributed by atoms with Gasteiger partial charge in [0.2, 0.25) is 5.69 Å². The lowest BCUT2D eigenvalue weighted by molar-refractivity contribution is -0.142. The molecule has 1 aromatic heterocycles. The van der Waals surface area contributed by atoms with Gasteiger partial charge < -0.3 is 5.11 Å². The fraction of sp³-hybridized carbons (Fsp3) is 0.500. The van der Waals surface area contributed by atoms with E-state index in [4.69, 9.17) is 5.11 Å². The van der Waals surface area contributed by atoms with Crippen LogP contribution in [0.15, 0.2) is 0 Å². The van der Waals surface area contributed by atoms with Crippen LogP contribution in [0.1, 0.15) is 11.4 Å². The summed E-state index contributed by atoms with van der Waals surface area (Å²) in [4.78, 5) is 0. The molecule has 0 amide bonds. The van der Waals surface area contributed by atoms with Crippen LogP contribution in [0.2, 0.25) is 0 Å². The van der Waals surface area contributed by atoms with Crippen LogP contribution in [0.25, 0.3) is 0 Å². The van der Waals surface area contributed by atoms with Gasteiger partial charge in [-0.15, -0.1) is 0 Å². The summed E-state index contributed by atoms with van der Waals surface area (Å²) in [6, 6.07) is 0. The summed E-state index contributed by atoms with van der Waals surface area (Å²) >= 11 is 0.